The van der Waals surface area contributed by atoms with Crippen LogP contribution in [-0.2, 0) is 27.2 Å². The maximum absolute atomic E-state index is 12.9. The molecular formula is C21H23F3N2O3S. The molecule has 1 fully saturated rings. The highest BCUT2D eigenvalue weighted by molar-refractivity contribution is 7.92. The smallest absolute Gasteiger partial charge is 0.307 e. The van der Waals surface area contributed by atoms with Crippen LogP contribution in [0.1, 0.15) is 36.9 Å². The lowest BCUT2D eigenvalue weighted by molar-refractivity contribution is -0.137. The van der Waals surface area contributed by atoms with Gasteiger partial charge >= 0.3 is 6.18 Å². The molecule has 1 aromatic carbocycles. The molecule has 9 heteroatoms. The van der Waals surface area contributed by atoms with Crippen LogP contribution in [0, 0.1) is 0 Å². The van der Waals surface area contributed by atoms with Gasteiger partial charge in [-0.1, -0.05) is 12.1 Å². The van der Waals surface area contributed by atoms with Crippen LogP contribution in [-0.4, -0.2) is 37.0 Å². The molecule has 0 spiro atoms. The molecular weight excluding hydrogens is 417 g/mol. The summed E-state index contributed by atoms with van der Waals surface area (Å²) in [4.78, 5) is 15.9. The number of hydrogen-bond donors (Lipinski definition) is 1. The number of Topliss-reactive ketones (excluding diaryl/α,β-unsaturated/α-hetero) is 1. The highest BCUT2D eigenvalue weighted by Crippen LogP contribution is 2.33. The Morgan fingerprint density at radius 2 is 1.80 bits per heavy atom. The molecule has 5 nitrogen and oxygen atoms in total. The van der Waals surface area contributed by atoms with E-state index in [1.165, 1.54) is 6.07 Å². The number of carbonyl (C=O) groups is 1. The van der Waals surface area contributed by atoms with Crippen LogP contribution in [0.4, 0.5) is 13.2 Å². The summed E-state index contributed by atoms with van der Waals surface area (Å²) in [5, 5.41) is 2.44. The number of rotatable bonds is 7. The van der Waals surface area contributed by atoms with Crippen molar-refractivity contribution >= 4 is 15.6 Å². The van der Waals surface area contributed by atoms with Crippen LogP contribution in [0.3, 0.4) is 0 Å². The molecule has 0 bridgehead atoms. The predicted molar refractivity (Wildman–Crippen MR) is 106 cm³/mol. The van der Waals surface area contributed by atoms with E-state index in [2.05, 4.69) is 10.3 Å². The Kier molecular flexibility index (Phi) is 6.92. The topological polar surface area (TPSA) is 76.1 Å². The van der Waals surface area contributed by atoms with Gasteiger partial charge in [-0.3, -0.25) is 9.78 Å². The third-order valence-corrected chi connectivity index (χ3v) is 7.56. The van der Waals surface area contributed by atoms with Gasteiger partial charge in [0.25, 0.3) is 0 Å². The molecule has 1 heterocycles. The third-order valence-electron chi connectivity index (χ3n) is 5.30. The number of alkyl halides is 3. The summed E-state index contributed by atoms with van der Waals surface area (Å²) in [6, 6.07) is 9.28. The first-order chi connectivity index (χ1) is 14.2. The lowest BCUT2D eigenvalue weighted by Crippen LogP contribution is -2.39. The zero-order chi connectivity index (χ0) is 21.8. The van der Waals surface area contributed by atoms with Gasteiger partial charge in [0.2, 0.25) is 0 Å². The first-order valence-corrected chi connectivity index (χ1v) is 11.3. The number of carbonyl (C=O) groups excluding carboxylic acids is 1. The van der Waals surface area contributed by atoms with Crippen LogP contribution in [0.2, 0.25) is 0 Å². The Morgan fingerprint density at radius 1 is 1.07 bits per heavy atom. The zero-order valence-corrected chi connectivity index (χ0v) is 17.0. The third kappa shape index (κ3) is 5.66. The molecule has 0 saturated heterocycles. The summed E-state index contributed by atoms with van der Waals surface area (Å²) in [7, 11) is -3.84. The van der Waals surface area contributed by atoms with Gasteiger partial charge in [0.15, 0.2) is 15.6 Å². The van der Waals surface area contributed by atoms with Crippen molar-refractivity contribution in [2.45, 2.75) is 54.5 Å². The van der Waals surface area contributed by atoms with Crippen molar-refractivity contribution in [3.05, 3.63) is 59.9 Å². The summed E-state index contributed by atoms with van der Waals surface area (Å²) in [5.41, 5.74) is -0.273. The number of sulfone groups is 1. The maximum Gasteiger partial charge on any atom is 0.416 e. The van der Waals surface area contributed by atoms with Crippen molar-refractivity contribution in [2.24, 2.45) is 0 Å². The van der Waals surface area contributed by atoms with Crippen molar-refractivity contribution in [2.75, 3.05) is 6.54 Å². The maximum atomic E-state index is 12.9. The van der Waals surface area contributed by atoms with Crippen molar-refractivity contribution in [3.8, 4) is 0 Å². The lowest BCUT2D eigenvalue weighted by Gasteiger charge is -2.29. The number of nitrogens with zero attached hydrogens (tertiary/aromatic N) is 1. The normalized spacial score (nSPS) is 20.1. The Balaban J connectivity index is 1.53. The van der Waals surface area contributed by atoms with E-state index >= 15 is 0 Å². The number of aromatic nitrogens is 1. The minimum Gasteiger partial charge on any atom is -0.307 e. The van der Waals surface area contributed by atoms with Crippen molar-refractivity contribution in [1.82, 2.24) is 10.3 Å². The van der Waals surface area contributed by atoms with Crippen molar-refractivity contribution in [1.29, 1.82) is 0 Å². The Hall–Kier alpha value is -2.26. The quantitative estimate of drug-likeness (QED) is 0.712. The highest BCUT2D eigenvalue weighted by Gasteiger charge is 2.35. The summed E-state index contributed by atoms with van der Waals surface area (Å²) in [6.07, 6.45) is -0.973. The molecule has 2 aromatic rings. The monoisotopic (exact) mass is 440 g/mol. The SMILES string of the molecule is O=C(CNC1CCC(S(=O)(=O)c2cccc(C(F)(F)F)c2)CC1)Cc1ccccn1. The second-order valence-electron chi connectivity index (χ2n) is 7.46. The van der Waals surface area contributed by atoms with E-state index in [1.807, 2.05) is 6.07 Å². The predicted octanol–water partition coefficient (Wildman–Crippen LogP) is 3.59. The van der Waals surface area contributed by atoms with Crippen LogP contribution >= 0.6 is 0 Å². The van der Waals surface area contributed by atoms with Crippen LogP contribution in [0.25, 0.3) is 0 Å². The van der Waals surface area contributed by atoms with Gasteiger partial charge in [-0.25, -0.2) is 8.42 Å². The van der Waals surface area contributed by atoms with E-state index in [4.69, 9.17) is 0 Å². The van der Waals surface area contributed by atoms with Crippen molar-refractivity contribution in [3.63, 3.8) is 0 Å². The van der Waals surface area contributed by atoms with E-state index in [0.717, 1.165) is 12.1 Å². The van der Waals surface area contributed by atoms with Gasteiger partial charge in [0, 0.05) is 17.9 Å². The average Bonchev–Trinajstić information content (AvgIpc) is 2.73. The molecule has 162 valence electrons. The summed E-state index contributed by atoms with van der Waals surface area (Å²) in [5.74, 6) is -0.00703. The summed E-state index contributed by atoms with van der Waals surface area (Å²) < 4.78 is 64.3. The number of ketones is 1. The zero-order valence-electron chi connectivity index (χ0n) is 16.2. The number of halogens is 3. The molecule has 30 heavy (non-hydrogen) atoms. The van der Waals surface area contributed by atoms with Crippen molar-refractivity contribution < 1.29 is 26.4 Å². The van der Waals surface area contributed by atoms with Crippen LogP contribution in [0.5, 0.6) is 0 Å². The Morgan fingerprint density at radius 3 is 2.43 bits per heavy atom. The van der Waals surface area contributed by atoms with Gasteiger partial charge in [0.1, 0.15) is 0 Å². The van der Waals surface area contributed by atoms with Gasteiger partial charge in [-0.2, -0.15) is 13.2 Å². The molecule has 0 amide bonds. The van der Waals surface area contributed by atoms with E-state index in [0.29, 0.717) is 37.4 Å². The van der Waals surface area contributed by atoms with E-state index in [1.54, 1.807) is 18.3 Å². The summed E-state index contributed by atoms with van der Waals surface area (Å²) in [6.45, 7) is 0.173. The summed E-state index contributed by atoms with van der Waals surface area (Å²) >= 11 is 0. The molecule has 0 unspecified atom stereocenters. The standard InChI is InChI=1S/C21H23F3N2O3S/c22-21(23,24)15-4-3-6-20(12-15)30(28,29)19-9-7-16(8-10-19)26-14-18(27)13-17-5-1-2-11-25-17/h1-6,11-12,16,19,26H,7-10,13-14H2. The number of nitrogens with one attached hydrogen (secondary N) is 1. The van der Waals surface area contributed by atoms with Gasteiger partial charge in [-0.15, -0.1) is 0 Å². The second kappa shape index (κ2) is 9.26. The molecule has 1 N–H and O–H groups in total. The number of benzene rings is 1. The van der Waals surface area contributed by atoms with Gasteiger partial charge in [0.05, 0.1) is 28.7 Å². The van der Waals surface area contributed by atoms with Crippen LogP contribution < -0.4 is 5.32 Å². The van der Waals surface area contributed by atoms with Gasteiger partial charge in [-0.05, 0) is 56.0 Å². The van der Waals surface area contributed by atoms with E-state index < -0.39 is 26.8 Å². The molecule has 1 saturated carbocycles. The highest BCUT2D eigenvalue weighted by atomic mass is 32.2. The number of pyridine rings is 1. The first kappa shape index (κ1) is 22.4. The minimum absolute atomic E-state index is 0.00522. The molecule has 0 atom stereocenters. The Bertz CT molecular complexity index is 970. The lowest BCUT2D eigenvalue weighted by atomic mass is 9.95. The largest absolute Gasteiger partial charge is 0.416 e. The molecule has 1 aliphatic rings. The minimum atomic E-state index is -4.59. The average molecular weight is 440 g/mol. The molecule has 0 radical (unpaired) electrons. The molecule has 0 aliphatic heterocycles. The fourth-order valence-corrected chi connectivity index (χ4v) is 5.48. The van der Waals surface area contributed by atoms with Gasteiger partial charge < -0.3 is 5.32 Å². The van der Waals surface area contributed by atoms with Crippen LogP contribution in [0.15, 0.2) is 53.6 Å². The fourth-order valence-electron chi connectivity index (χ4n) is 3.64. The fraction of sp³-hybridized carbons (Fsp3) is 0.429. The first-order valence-electron chi connectivity index (χ1n) is 9.72. The second-order valence-corrected chi connectivity index (χ2v) is 9.69. The number of hydrogen-bond acceptors (Lipinski definition) is 5. The van der Waals surface area contributed by atoms with E-state index in [-0.39, 0.29) is 29.7 Å². The Labute approximate surface area is 173 Å². The molecule has 3 rings (SSSR count). The molecule has 1 aromatic heterocycles. The molecule has 1 aliphatic carbocycles. The van der Waals surface area contributed by atoms with E-state index in [9.17, 15) is 26.4 Å².